The maximum absolute atomic E-state index is 6.26. The zero-order chi connectivity index (χ0) is 21.8. The van der Waals surface area contributed by atoms with Gasteiger partial charge in [0.2, 0.25) is 5.88 Å². The van der Waals surface area contributed by atoms with E-state index in [0.717, 1.165) is 68.5 Å². The average Bonchev–Trinajstić information content (AvgIpc) is 2.84. The number of rotatable bonds is 7. The van der Waals surface area contributed by atoms with Crippen molar-refractivity contribution in [1.29, 1.82) is 0 Å². The summed E-state index contributed by atoms with van der Waals surface area (Å²) in [5.74, 6) is 1.62. The highest BCUT2D eigenvalue weighted by molar-refractivity contribution is 6.31. The lowest BCUT2D eigenvalue weighted by Gasteiger charge is -2.36. The summed E-state index contributed by atoms with van der Waals surface area (Å²) in [6.07, 6.45) is 6.36. The number of nitrogens with one attached hydrogen (secondary N) is 1. The van der Waals surface area contributed by atoms with Gasteiger partial charge < -0.3 is 15.0 Å². The smallest absolute Gasteiger partial charge is 0.215 e. The molecule has 166 valence electrons. The first-order chi connectivity index (χ1) is 15.8. The molecule has 2 aromatic carbocycles. The minimum absolute atomic E-state index is 0.704. The predicted molar refractivity (Wildman–Crippen MR) is 134 cm³/mol. The van der Waals surface area contributed by atoms with Crippen LogP contribution in [0.15, 0.2) is 54.6 Å². The number of fused-ring (bicyclic) bond motifs is 2. The third-order valence-electron chi connectivity index (χ3n) is 6.24. The van der Waals surface area contributed by atoms with Crippen molar-refractivity contribution >= 4 is 40.0 Å². The van der Waals surface area contributed by atoms with E-state index in [9.17, 15) is 0 Å². The second kappa shape index (κ2) is 9.80. The first-order valence-corrected chi connectivity index (χ1v) is 11.8. The molecule has 5 rings (SSSR count). The molecule has 0 aliphatic carbocycles. The quantitative estimate of drug-likeness (QED) is 0.496. The predicted octanol–water partition coefficient (Wildman–Crippen LogP) is 5.31. The van der Waals surface area contributed by atoms with E-state index in [0.29, 0.717) is 12.5 Å². The van der Waals surface area contributed by atoms with Gasteiger partial charge in [0.25, 0.3) is 0 Å². The lowest BCUT2D eigenvalue weighted by atomic mass is 10.1. The van der Waals surface area contributed by atoms with Gasteiger partial charge in [0.05, 0.1) is 6.61 Å². The average molecular weight is 449 g/mol. The third kappa shape index (κ3) is 4.84. The Morgan fingerprint density at radius 3 is 2.81 bits per heavy atom. The molecule has 6 heteroatoms. The highest BCUT2D eigenvalue weighted by Gasteiger charge is 2.18. The van der Waals surface area contributed by atoms with Crippen LogP contribution in [-0.2, 0) is 0 Å². The monoisotopic (exact) mass is 448 g/mol. The molecular weight excluding hydrogens is 420 g/mol. The lowest BCUT2D eigenvalue weighted by Crippen LogP contribution is -2.46. The Hall–Kier alpha value is -2.76. The number of hydrogen-bond acceptors (Lipinski definition) is 5. The molecule has 1 saturated heterocycles. The summed E-state index contributed by atoms with van der Waals surface area (Å²) in [6, 6.07) is 16.7. The fourth-order valence-electron chi connectivity index (χ4n) is 4.48. The summed E-state index contributed by atoms with van der Waals surface area (Å²) < 4.78 is 5.87. The van der Waals surface area contributed by atoms with Crippen LogP contribution < -0.4 is 15.0 Å². The van der Waals surface area contributed by atoms with Crippen molar-refractivity contribution in [3.8, 4) is 5.88 Å². The van der Waals surface area contributed by atoms with Crippen molar-refractivity contribution in [2.45, 2.75) is 12.8 Å². The van der Waals surface area contributed by atoms with Gasteiger partial charge in [-0.25, -0.2) is 0 Å². The van der Waals surface area contributed by atoms with Crippen LogP contribution in [-0.4, -0.2) is 55.8 Å². The van der Waals surface area contributed by atoms with Crippen LogP contribution in [0, 0.1) is 0 Å². The van der Waals surface area contributed by atoms with Crippen LogP contribution in [0.1, 0.15) is 18.4 Å². The van der Waals surface area contributed by atoms with Crippen molar-refractivity contribution in [2.75, 3.05) is 56.1 Å². The molecular formula is C26H29ClN4O. The summed E-state index contributed by atoms with van der Waals surface area (Å²) >= 11 is 6.26. The minimum Gasteiger partial charge on any atom is -0.478 e. The molecule has 0 saturated carbocycles. The van der Waals surface area contributed by atoms with Crippen molar-refractivity contribution in [3.63, 3.8) is 0 Å². The van der Waals surface area contributed by atoms with Gasteiger partial charge in [-0.05, 0) is 49.0 Å². The number of hydrogen-bond donors (Lipinski definition) is 1. The Kier molecular flexibility index (Phi) is 6.46. The number of piperazine rings is 1. The van der Waals surface area contributed by atoms with E-state index in [4.69, 9.17) is 16.3 Å². The molecule has 1 N–H and O–H groups in total. The zero-order valence-electron chi connectivity index (χ0n) is 18.3. The van der Waals surface area contributed by atoms with Gasteiger partial charge >= 0.3 is 0 Å². The number of anilines is 2. The van der Waals surface area contributed by atoms with Crippen LogP contribution >= 0.6 is 11.6 Å². The maximum atomic E-state index is 6.26. The maximum Gasteiger partial charge on any atom is 0.215 e. The van der Waals surface area contributed by atoms with E-state index in [1.165, 1.54) is 16.5 Å². The Morgan fingerprint density at radius 2 is 1.91 bits per heavy atom. The highest BCUT2D eigenvalue weighted by Crippen LogP contribution is 2.30. The van der Waals surface area contributed by atoms with Crippen LogP contribution in [0.4, 0.5) is 11.5 Å². The molecule has 1 fully saturated rings. The standard InChI is InChI=1S/C26H29ClN4O/c27-22-10-8-20-5-3-7-24(23(20)19-22)31-16-14-30(15-17-31)13-1-2-18-32-25-11-9-21-6-4-12-28-26(21)29-25/h3-11,19H,1-2,12-18H2,(H,28,29). The van der Waals surface area contributed by atoms with Crippen molar-refractivity contribution in [1.82, 2.24) is 9.88 Å². The molecule has 5 nitrogen and oxygen atoms in total. The first-order valence-electron chi connectivity index (χ1n) is 11.5. The summed E-state index contributed by atoms with van der Waals surface area (Å²) in [5, 5.41) is 6.56. The largest absolute Gasteiger partial charge is 0.478 e. The number of halogens is 1. The summed E-state index contributed by atoms with van der Waals surface area (Å²) in [5.41, 5.74) is 2.41. The normalized spacial score (nSPS) is 16.1. The van der Waals surface area contributed by atoms with Gasteiger partial charge in [0, 0.05) is 60.4 Å². The second-order valence-corrected chi connectivity index (χ2v) is 8.83. The van der Waals surface area contributed by atoms with Crippen molar-refractivity contribution in [3.05, 3.63) is 65.2 Å². The Balaban J connectivity index is 1.06. The van der Waals surface area contributed by atoms with E-state index in [1.54, 1.807) is 0 Å². The fraction of sp³-hybridized carbons (Fsp3) is 0.346. The van der Waals surface area contributed by atoms with E-state index in [-0.39, 0.29) is 0 Å². The second-order valence-electron chi connectivity index (χ2n) is 8.40. The zero-order valence-corrected chi connectivity index (χ0v) is 19.0. The molecule has 3 heterocycles. The summed E-state index contributed by atoms with van der Waals surface area (Å²) in [4.78, 5) is 9.60. The summed E-state index contributed by atoms with van der Waals surface area (Å²) in [7, 11) is 0. The van der Waals surface area contributed by atoms with E-state index in [1.807, 2.05) is 12.1 Å². The first kappa shape index (κ1) is 21.1. The lowest BCUT2D eigenvalue weighted by molar-refractivity contribution is 0.237. The Labute approximate surface area is 194 Å². The van der Waals surface area contributed by atoms with Crippen LogP contribution in [0.25, 0.3) is 16.8 Å². The number of aromatic nitrogens is 1. The number of benzene rings is 2. The number of ether oxygens (including phenoxy) is 1. The molecule has 0 atom stereocenters. The fourth-order valence-corrected chi connectivity index (χ4v) is 4.65. The SMILES string of the molecule is Clc1ccc2cccc(N3CCN(CCCCOc4ccc5c(n4)NCC=C5)CC3)c2c1. The molecule has 2 aliphatic rings. The number of unbranched alkanes of at least 4 members (excludes halogenated alkanes) is 1. The van der Waals surface area contributed by atoms with Gasteiger partial charge in [0.15, 0.2) is 0 Å². The third-order valence-corrected chi connectivity index (χ3v) is 6.47. The number of nitrogens with zero attached hydrogens (tertiary/aromatic N) is 3. The van der Waals surface area contributed by atoms with Crippen LogP contribution in [0.2, 0.25) is 5.02 Å². The van der Waals surface area contributed by atoms with E-state index >= 15 is 0 Å². The van der Waals surface area contributed by atoms with Gasteiger partial charge in [0.1, 0.15) is 5.82 Å². The molecule has 0 bridgehead atoms. The topological polar surface area (TPSA) is 40.6 Å². The van der Waals surface area contributed by atoms with Gasteiger partial charge in [-0.1, -0.05) is 42.0 Å². The van der Waals surface area contributed by atoms with Gasteiger partial charge in [-0.15, -0.1) is 0 Å². The molecule has 0 unspecified atom stereocenters. The van der Waals surface area contributed by atoms with Crippen molar-refractivity contribution in [2.24, 2.45) is 0 Å². The molecule has 3 aromatic rings. The van der Waals surface area contributed by atoms with Crippen LogP contribution in [0.5, 0.6) is 5.88 Å². The highest BCUT2D eigenvalue weighted by atomic mass is 35.5. The molecule has 2 aliphatic heterocycles. The Morgan fingerprint density at radius 1 is 1.00 bits per heavy atom. The molecule has 0 radical (unpaired) electrons. The van der Waals surface area contributed by atoms with E-state index in [2.05, 4.69) is 68.7 Å². The Bertz CT molecular complexity index is 1110. The molecule has 0 amide bonds. The van der Waals surface area contributed by atoms with Gasteiger partial charge in [-0.3, -0.25) is 4.90 Å². The number of pyridine rings is 1. The minimum atomic E-state index is 0.704. The van der Waals surface area contributed by atoms with Gasteiger partial charge in [-0.2, -0.15) is 4.98 Å². The van der Waals surface area contributed by atoms with Crippen LogP contribution in [0.3, 0.4) is 0 Å². The molecule has 0 spiro atoms. The summed E-state index contributed by atoms with van der Waals surface area (Å²) in [6.45, 7) is 6.91. The van der Waals surface area contributed by atoms with E-state index < -0.39 is 0 Å². The molecule has 32 heavy (non-hydrogen) atoms. The van der Waals surface area contributed by atoms with Crippen molar-refractivity contribution < 1.29 is 4.74 Å². The molecule has 1 aromatic heterocycles.